The standard InChI is InChI=1S/C14H20O5/c1-2-12(4-6-16-8-14-10-18-14)19-11(1)3-5-15-7-13-9-17-13/h1-2,13-14H,3-10H2. The van der Waals surface area contributed by atoms with Crippen molar-refractivity contribution in [3.63, 3.8) is 0 Å². The fraction of sp³-hybridized carbons (Fsp3) is 0.714. The van der Waals surface area contributed by atoms with Crippen molar-refractivity contribution in [3.8, 4) is 0 Å². The third-order valence-electron chi connectivity index (χ3n) is 3.12. The van der Waals surface area contributed by atoms with Gasteiger partial charge in [0, 0.05) is 12.8 Å². The fourth-order valence-electron chi connectivity index (χ4n) is 1.79. The summed E-state index contributed by atoms with van der Waals surface area (Å²) in [5, 5.41) is 0. The Morgan fingerprint density at radius 3 is 1.79 bits per heavy atom. The van der Waals surface area contributed by atoms with Crippen LogP contribution in [-0.4, -0.2) is 51.8 Å². The molecular formula is C14H20O5. The smallest absolute Gasteiger partial charge is 0.106 e. The number of hydrogen-bond acceptors (Lipinski definition) is 5. The molecule has 0 aliphatic carbocycles. The lowest BCUT2D eigenvalue weighted by Crippen LogP contribution is -2.05. The van der Waals surface area contributed by atoms with Gasteiger partial charge in [0.1, 0.15) is 23.7 Å². The first-order valence-electron chi connectivity index (χ1n) is 6.86. The first-order chi connectivity index (χ1) is 9.40. The van der Waals surface area contributed by atoms with Crippen LogP contribution in [0, 0.1) is 0 Å². The second-order valence-electron chi connectivity index (χ2n) is 4.93. The zero-order chi connectivity index (χ0) is 12.9. The molecule has 2 fully saturated rings. The summed E-state index contributed by atoms with van der Waals surface area (Å²) in [5.41, 5.74) is 0. The Kier molecular flexibility index (Phi) is 4.50. The molecule has 2 saturated heterocycles. The number of ether oxygens (including phenoxy) is 4. The van der Waals surface area contributed by atoms with Crippen LogP contribution in [0.15, 0.2) is 16.5 Å². The molecule has 0 radical (unpaired) electrons. The number of hydrogen-bond donors (Lipinski definition) is 0. The molecule has 5 nitrogen and oxygen atoms in total. The summed E-state index contributed by atoms with van der Waals surface area (Å²) >= 11 is 0. The number of furan rings is 1. The molecule has 0 spiro atoms. The van der Waals surface area contributed by atoms with Crippen molar-refractivity contribution >= 4 is 0 Å². The van der Waals surface area contributed by atoms with Crippen LogP contribution in [0.5, 0.6) is 0 Å². The molecule has 2 atom stereocenters. The first-order valence-corrected chi connectivity index (χ1v) is 6.86. The maximum absolute atomic E-state index is 5.71. The molecule has 106 valence electrons. The van der Waals surface area contributed by atoms with Gasteiger partial charge in [0.05, 0.1) is 39.6 Å². The zero-order valence-electron chi connectivity index (χ0n) is 11.0. The van der Waals surface area contributed by atoms with Crippen LogP contribution < -0.4 is 0 Å². The molecule has 2 aliphatic rings. The fourth-order valence-corrected chi connectivity index (χ4v) is 1.79. The predicted octanol–water partition coefficient (Wildman–Crippen LogP) is 1.20. The normalized spacial score (nSPS) is 24.6. The van der Waals surface area contributed by atoms with Crippen LogP contribution in [0.1, 0.15) is 11.5 Å². The minimum absolute atomic E-state index is 0.333. The maximum atomic E-state index is 5.71. The Morgan fingerprint density at radius 1 is 0.895 bits per heavy atom. The van der Waals surface area contributed by atoms with Gasteiger partial charge in [0.2, 0.25) is 0 Å². The Hall–Kier alpha value is -0.880. The highest BCUT2D eigenvalue weighted by molar-refractivity contribution is 5.07. The van der Waals surface area contributed by atoms with E-state index in [1.165, 1.54) is 0 Å². The van der Waals surface area contributed by atoms with Gasteiger partial charge in [-0.3, -0.25) is 0 Å². The third-order valence-corrected chi connectivity index (χ3v) is 3.12. The average Bonchev–Trinajstić information content (AvgIpc) is 3.32. The summed E-state index contributed by atoms with van der Waals surface area (Å²) in [6.07, 6.45) is 2.28. The van der Waals surface area contributed by atoms with E-state index in [-0.39, 0.29) is 0 Å². The quantitative estimate of drug-likeness (QED) is 0.471. The molecule has 2 aliphatic heterocycles. The Balaban J connectivity index is 1.26. The second kappa shape index (κ2) is 6.52. The van der Waals surface area contributed by atoms with Gasteiger partial charge in [-0.1, -0.05) is 0 Å². The maximum Gasteiger partial charge on any atom is 0.106 e. The van der Waals surface area contributed by atoms with E-state index in [9.17, 15) is 0 Å². The molecule has 3 heterocycles. The molecular weight excluding hydrogens is 248 g/mol. The van der Waals surface area contributed by atoms with Crippen molar-refractivity contribution in [2.45, 2.75) is 25.0 Å². The van der Waals surface area contributed by atoms with Gasteiger partial charge in [-0.25, -0.2) is 0 Å². The third kappa shape index (κ3) is 4.95. The second-order valence-corrected chi connectivity index (χ2v) is 4.93. The van der Waals surface area contributed by atoms with E-state index in [0.717, 1.165) is 37.6 Å². The van der Waals surface area contributed by atoms with E-state index < -0.39 is 0 Å². The zero-order valence-corrected chi connectivity index (χ0v) is 11.0. The highest BCUT2D eigenvalue weighted by atomic mass is 16.6. The molecule has 1 aromatic heterocycles. The lowest BCUT2D eigenvalue weighted by Gasteiger charge is -2.01. The van der Waals surface area contributed by atoms with Crippen molar-refractivity contribution < 1.29 is 23.4 Å². The van der Waals surface area contributed by atoms with Crippen molar-refractivity contribution in [3.05, 3.63) is 23.7 Å². The van der Waals surface area contributed by atoms with Gasteiger partial charge in [-0.05, 0) is 12.1 Å². The van der Waals surface area contributed by atoms with Crippen LogP contribution >= 0.6 is 0 Å². The minimum atomic E-state index is 0.333. The summed E-state index contributed by atoms with van der Waals surface area (Å²) < 4.78 is 26.8. The summed E-state index contributed by atoms with van der Waals surface area (Å²) in [7, 11) is 0. The van der Waals surface area contributed by atoms with E-state index >= 15 is 0 Å². The van der Waals surface area contributed by atoms with Crippen LogP contribution in [0.25, 0.3) is 0 Å². The highest BCUT2D eigenvalue weighted by Gasteiger charge is 2.22. The summed E-state index contributed by atoms with van der Waals surface area (Å²) in [4.78, 5) is 0. The van der Waals surface area contributed by atoms with Gasteiger partial charge in [0.25, 0.3) is 0 Å². The molecule has 2 unspecified atom stereocenters. The minimum Gasteiger partial charge on any atom is -0.466 e. The van der Waals surface area contributed by atoms with Crippen molar-refractivity contribution in [1.29, 1.82) is 0 Å². The average molecular weight is 268 g/mol. The van der Waals surface area contributed by atoms with Crippen molar-refractivity contribution in [2.75, 3.05) is 39.6 Å². The summed E-state index contributed by atoms with van der Waals surface area (Å²) in [6.45, 7) is 4.45. The van der Waals surface area contributed by atoms with E-state index in [0.29, 0.717) is 38.6 Å². The van der Waals surface area contributed by atoms with Crippen LogP contribution in [-0.2, 0) is 31.8 Å². The SMILES string of the molecule is c1cc(CCOCC2CO2)oc1CCOCC1CO1. The van der Waals surface area contributed by atoms with Gasteiger partial charge >= 0.3 is 0 Å². The van der Waals surface area contributed by atoms with E-state index in [2.05, 4.69) is 0 Å². The molecule has 3 rings (SSSR count). The Bertz CT molecular complexity index is 346. The molecule has 1 aromatic rings. The Morgan fingerprint density at radius 2 is 1.37 bits per heavy atom. The van der Waals surface area contributed by atoms with Crippen LogP contribution in [0.3, 0.4) is 0 Å². The molecule has 0 N–H and O–H groups in total. The van der Waals surface area contributed by atoms with Crippen LogP contribution in [0.4, 0.5) is 0 Å². The van der Waals surface area contributed by atoms with Crippen molar-refractivity contribution in [1.82, 2.24) is 0 Å². The Labute approximate surface area is 112 Å². The molecule has 0 saturated carbocycles. The lowest BCUT2D eigenvalue weighted by atomic mass is 10.3. The largest absolute Gasteiger partial charge is 0.466 e. The van der Waals surface area contributed by atoms with E-state index in [4.69, 9.17) is 23.4 Å². The van der Waals surface area contributed by atoms with Gasteiger partial charge in [-0.15, -0.1) is 0 Å². The summed E-state index contributed by atoms with van der Waals surface area (Å²) in [6, 6.07) is 4.02. The van der Waals surface area contributed by atoms with Gasteiger partial charge in [0.15, 0.2) is 0 Å². The molecule has 19 heavy (non-hydrogen) atoms. The molecule has 5 heteroatoms. The van der Waals surface area contributed by atoms with Gasteiger partial charge < -0.3 is 23.4 Å². The monoisotopic (exact) mass is 268 g/mol. The molecule has 0 aromatic carbocycles. The van der Waals surface area contributed by atoms with Gasteiger partial charge in [-0.2, -0.15) is 0 Å². The highest BCUT2D eigenvalue weighted by Crippen LogP contribution is 2.12. The lowest BCUT2D eigenvalue weighted by molar-refractivity contribution is 0.112. The number of epoxide rings is 2. The number of rotatable bonds is 10. The van der Waals surface area contributed by atoms with E-state index in [1.54, 1.807) is 0 Å². The molecule has 0 amide bonds. The topological polar surface area (TPSA) is 56.7 Å². The molecule has 0 bridgehead atoms. The predicted molar refractivity (Wildman–Crippen MR) is 67.2 cm³/mol. The first kappa shape index (κ1) is 13.1. The van der Waals surface area contributed by atoms with Crippen LogP contribution in [0.2, 0.25) is 0 Å². The summed E-state index contributed by atoms with van der Waals surface area (Å²) in [5.74, 6) is 1.94. The van der Waals surface area contributed by atoms with E-state index in [1.807, 2.05) is 12.1 Å². The van der Waals surface area contributed by atoms with Crippen molar-refractivity contribution in [2.24, 2.45) is 0 Å².